The summed E-state index contributed by atoms with van der Waals surface area (Å²) in [6.07, 6.45) is 4.17. The van der Waals surface area contributed by atoms with Gasteiger partial charge >= 0.3 is 5.97 Å². The monoisotopic (exact) mass is 845 g/mol. The number of benzene rings is 1. The number of carbonyl (C=O) groups is 3. The van der Waals surface area contributed by atoms with Gasteiger partial charge in [0.15, 0.2) is 0 Å². The van der Waals surface area contributed by atoms with Crippen LogP contribution in [0.25, 0.3) is 16.5 Å². The predicted molar refractivity (Wildman–Crippen MR) is 241 cm³/mol. The second kappa shape index (κ2) is 19.1. The first-order chi connectivity index (χ1) is 28.5. The molecule has 1 aromatic carbocycles. The third kappa shape index (κ3) is 9.47. The van der Waals surface area contributed by atoms with E-state index < -0.39 is 29.6 Å². The van der Waals surface area contributed by atoms with Crippen LogP contribution in [-0.2, 0) is 41.6 Å². The molecule has 3 aliphatic heterocycles. The lowest BCUT2D eigenvalue weighted by atomic mass is 9.84. The van der Waals surface area contributed by atoms with Crippen molar-refractivity contribution in [1.29, 1.82) is 0 Å². The average Bonchev–Trinajstić information content (AvgIpc) is 3.50. The number of fused-ring (bicyclic) bond motifs is 5. The first-order valence-corrected chi connectivity index (χ1v) is 22.6. The Bertz CT molecular complexity index is 2030. The molecular formula is C46H67N7O6S. The zero-order valence-corrected chi connectivity index (χ0v) is 38.4. The number of thioether (sulfide) groups is 1. The summed E-state index contributed by atoms with van der Waals surface area (Å²) in [6.45, 7) is 22.2. The number of esters is 1. The number of methoxy groups -OCH3 is 1. The highest BCUT2D eigenvalue weighted by molar-refractivity contribution is 8.14. The van der Waals surface area contributed by atoms with Gasteiger partial charge in [-0.2, -0.15) is 0 Å². The molecular weight excluding hydrogens is 779 g/mol. The molecule has 1 aromatic heterocycles. The summed E-state index contributed by atoms with van der Waals surface area (Å²) >= 11 is 1.57. The number of hydrogen-bond donors (Lipinski definition) is 2. The number of allylic oxidation sites excluding steroid dienone is 2. The lowest BCUT2D eigenvalue weighted by molar-refractivity contribution is -0.156. The molecule has 6 bridgehead atoms. The standard InChI is InChI=1S/C46H67N7O6S/c1-13-31(38(47-14-2)29(7)57-12)40-33-22-46(8,9)25-59-45(56)34-17-16-20-53(50-34)44(55)39(49-42(54)37-27(5)28(37)6)41(58-23-26(4)51(10)11)43-48-35(24-60-43)30-18-19-36(32(33)21-30)52(40)15-3/h13-14,18-19,21,26-29,34-35,37,39,41,50H,1,15-17,20,22-25H2,2-12H3,(H,49,54)/b38-31+,47-14?/t26?,27-,28+,29-,34-,35?,37?,39-,41-/m0/s1. The minimum Gasteiger partial charge on any atom is -0.464 e. The Morgan fingerprint density at radius 1 is 1.23 bits per heavy atom. The quantitative estimate of drug-likeness (QED) is 0.145. The summed E-state index contributed by atoms with van der Waals surface area (Å²) in [5, 5.41) is 6.38. The zero-order valence-electron chi connectivity index (χ0n) is 37.5. The predicted octanol–water partition coefficient (Wildman–Crippen LogP) is 6.21. The fourth-order valence-corrected chi connectivity index (χ4v) is 9.85. The molecule has 1 saturated heterocycles. The smallest absolute Gasteiger partial charge is 0.324 e. The number of hydrogen-bond acceptors (Lipinski definition) is 11. The van der Waals surface area contributed by atoms with Crippen molar-refractivity contribution >= 4 is 57.3 Å². The van der Waals surface area contributed by atoms with Gasteiger partial charge in [0.05, 0.1) is 36.8 Å². The number of cyclic esters (lactones) is 1. The third-order valence-corrected chi connectivity index (χ3v) is 14.1. The summed E-state index contributed by atoms with van der Waals surface area (Å²) < 4.78 is 21.0. The molecule has 2 N–H and O–H groups in total. The Balaban J connectivity index is 1.55. The molecule has 328 valence electrons. The molecule has 0 spiro atoms. The number of rotatable bonds is 12. The van der Waals surface area contributed by atoms with E-state index in [-0.39, 0.29) is 54.4 Å². The van der Waals surface area contributed by atoms with E-state index in [1.54, 1.807) is 25.1 Å². The number of ether oxygens (including phenoxy) is 3. The van der Waals surface area contributed by atoms with Crippen LogP contribution < -0.4 is 10.7 Å². The van der Waals surface area contributed by atoms with Crippen molar-refractivity contribution in [3.63, 3.8) is 0 Å². The number of nitrogens with one attached hydrogen (secondary N) is 2. The van der Waals surface area contributed by atoms with Gasteiger partial charge in [-0.15, -0.1) is 11.8 Å². The van der Waals surface area contributed by atoms with Crippen LogP contribution in [0.4, 0.5) is 0 Å². The van der Waals surface area contributed by atoms with E-state index in [4.69, 9.17) is 24.2 Å². The first kappa shape index (κ1) is 45.7. The maximum absolute atomic E-state index is 14.8. The normalized spacial score (nSPS) is 28.6. The van der Waals surface area contributed by atoms with Gasteiger partial charge in [-0.05, 0) is 96.1 Å². The maximum atomic E-state index is 14.8. The summed E-state index contributed by atoms with van der Waals surface area (Å²) in [6, 6.07) is 4.54. The van der Waals surface area contributed by atoms with Gasteiger partial charge in [0.2, 0.25) is 5.91 Å². The molecule has 9 atom stereocenters. The molecule has 2 aromatic rings. The molecule has 1 aliphatic carbocycles. The third-order valence-electron chi connectivity index (χ3n) is 12.9. The number of aryl methyl sites for hydroxylation is 1. The SMILES string of the molecule is C=C/C(=C(\N=CC)[C@H](C)OC)c1c2c3cc(ccc3n1CC)C1CSC(=N1)[C@@H](OCC(C)N(C)C)[C@H](NC(=O)C1[C@@H](C)[C@H]1C)C(=O)N1CCC[C@H](N1)C(=O)OCC(C)(C)C2. The molecule has 60 heavy (non-hydrogen) atoms. The topological polar surface area (TPSA) is 139 Å². The number of nitrogens with zero attached hydrogens (tertiary/aromatic N) is 5. The molecule has 3 unspecified atom stereocenters. The van der Waals surface area contributed by atoms with Crippen LogP contribution >= 0.6 is 11.8 Å². The van der Waals surface area contributed by atoms with Gasteiger partial charge in [0.25, 0.3) is 5.91 Å². The Morgan fingerprint density at radius 3 is 2.60 bits per heavy atom. The van der Waals surface area contributed by atoms with E-state index in [0.717, 1.165) is 39.0 Å². The molecule has 2 amide bonds. The van der Waals surface area contributed by atoms with E-state index >= 15 is 0 Å². The Hall–Kier alpha value is -3.82. The highest BCUT2D eigenvalue weighted by Gasteiger charge is 2.50. The average molecular weight is 846 g/mol. The van der Waals surface area contributed by atoms with E-state index in [1.165, 1.54) is 5.01 Å². The van der Waals surface area contributed by atoms with Crippen molar-refractivity contribution in [3.8, 4) is 0 Å². The number of aliphatic imine (C=N–C) groups is 2. The van der Waals surface area contributed by atoms with Crippen molar-refractivity contribution in [2.45, 2.75) is 118 Å². The molecule has 2 fully saturated rings. The first-order valence-electron chi connectivity index (χ1n) is 21.6. The highest BCUT2D eigenvalue weighted by Crippen LogP contribution is 2.46. The fourth-order valence-electron chi connectivity index (χ4n) is 8.69. The number of aromatic nitrogens is 1. The van der Waals surface area contributed by atoms with E-state index in [9.17, 15) is 14.4 Å². The molecule has 4 aliphatic rings. The molecule has 1 saturated carbocycles. The van der Waals surface area contributed by atoms with Gasteiger partial charge in [-0.25, -0.2) is 5.43 Å². The molecule has 14 heteroatoms. The summed E-state index contributed by atoms with van der Waals surface area (Å²) in [4.78, 5) is 54.9. The van der Waals surface area contributed by atoms with Gasteiger partial charge in [-0.3, -0.25) is 29.4 Å². The van der Waals surface area contributed by atoms with Crippen LogP contribution in [0.15, 0.2) is 46.5 Å². The Labute approximate surface area is 360 Å². The largest absolute Gasteiger partial charge is 0.464 e. The van der Waals surface area contributed by atoms with Crippen LogP contribution in [-0.4, -0.2) is 121 Å². The second-order valence-corrected chi connectivity index (χ2v) is 19.0. The maximum Gasteiger partial charge on any atom is 0.324 e. The summed E-state index contributed by atoms with van der Waals surface area (Å²) in [5.41, 5.74) is 8.58. The number of hydrazine groups is 1. The molecule has 0 radical (unpaired) electrons. The summed E-state index contributed by atoms with van der Waals surface area (Å²) in [5.74, 6) is -0.0921. The van der Waals surface area contributed by atoms with Crippen molar-refractivity contribution in [2.75, 3.05) is 46.7 Å². The van der Waals surface area contributed by atoms with E-state index in [1.807, 2.05) is 34.0 Å². The van der Waals surface area contributed by atoms with Crippen LogP contribution in [0.5, 0.6) is 0 Å². The lowest BCUT2D eigenvalue weighted by Gasteiger charge is -2.37. The van der Waals surface area contributed by atoms with Gasteiger partial charge in [0, 0.05) is 66.0 Å². The van der Waals surface area contributed by atoms with Gasteiger partial charge in [-0.1, -0.05) is 46.4 Å². The van der Waals surface area contributed by atoms with Crippen molar-refractivity contribution in [1.82, 2.24) is 25.2 Å². The Morgan fingerprint density at radius 2 is 1.97 bits per heavy atom. The highest BCUT2D eigenvalue weighted by atomic mass is 32.2. The molecule has 4 heterocycles. The van der Waals surface area contributed by atoms with Crippen molar-refractivity contribution < 1.29 is 28.6 Å². The minimum absolute atomic E-state index is 0.0230. The van der Waals surface area contributed by atoms with Crippen molar-refractivity contribution in [3.05, 3.63) is 53.4 Å². The van der Waals surface area contributed by atoms with Gasteiger partial charge in [0.1, 0.15) is 23.2 Å². The van der Waals surface area contributed by atoms with Gasteiger partial charge < -0.3 is 29.0 Å². The van der Waals surface area contributed by atoms with E-state index in [2.05, 4.69) is 86.5 Å². The molecule has 13 nitrogen and oxygen atoms in total. The second-order valence-electron chi connectivity index (χ2n) is 18.0. The minimum atomic E-state index is -1.08. The zero-order chi connectivity index (χ0) is 43.6. The van der Waals surface area contributed by atoms with Crippen molar-refractivity contribution in [2.24, 2.45) is 33.2 Å². The molecule has 6 rings (SSSR count). The van der Waals surface area contributed by atoms with Crippen LogP contribution in [0.3, 0.4) is 0 Å². The fraction of sp³-hybridized carbons (Fsp3) is 0.630. The van der Waals surface area contributed by atoms with Crippen LogP contribution in [0, 0.1) is 23.2 Å². The number of likely N-dealkylation sites (N-methyl/N-ethyl adjacent to an activating group) is 1. The Kier molecular flexibility index (Phi) is 14.5. The van der Waals surface area contributed by atoms with Crippen LogP contribution in [0.1, 0.15) is 91.1 Å². The number of amides is 2. The number of carbonyl (C=O) groups excluding carboxylic acids is 3. The lowest BCUT2D eigenvalue weighted by Crippen LogP contribution is -2.63. The van der Waals surface area contributed by atoms with Crippen LogP contribution in [0.2, 0.25) is 0 Å². The van der Waals surface area contributed by atoms with E-state index in [0.29, 0.717) is 49.8 Å². The summed E-state index contributed by atoms with van der Waals surface area (Å²) in [7, 11) is 5.65.